The van der Waals surface area contributed by atoms with E-state index in [4.69, 9.17) is 4.74 Å². The summed E-state index contributed by atoms with van der Waals surface area (Å²) in [7, 11) is 0. The highest BCUT2D eigenvalue weighted by atomic mass is 16.5. The number of rotatable bonds is 6. The number of piperidine rings is 1. The third-order valence-corrected chi connectivity index (χ3v) is 7.31. The van der Waals surface area contributed by atoms with Crippen LogP contribution >= 0.6 is 0 Å². The molecule has 1 heterocycles. The molecule has 0 bridgehead atoms. The van der Waals surface area contributed by atoms with E-state index in [1.165, 1.54) is 4.90 Å². The van der Waals surface area contributed by atoms with Crippen LogP contribution in [0.1, 0.15) is 57.1 Å². The number of hydrogen-bond donors (Lipinski definition) is 2. The molecule has 7 nitrogen and oxygen atoms in total. The third kappa shape index (κ3) is 4.39. The Morgan fingerprint density at radius 2 is 1.68 bits per heavy atom. The van der Waals surface area contributed by atoms with Crippen LogP contribution in [0.5, 0.6) is 0 Å². The second-order valence-corrected chi connectivity index (χ2v) is 9.62. The molecule has 3 atom stereocenters. The zero-order chi connectivity index (χ0) is 24.5. The minimum absolute atomic E-state index is 0.0818. The minimum atomic E-state index is -1.25. The maximum atomic E-state index is 13.4. The number of benzene rings is 2. The van der Waals surface area contributed by atoms with Gasteiger partial charge in [0.2, 0.25) is 5.91 Å². The Morgan fingerprint density at radius 3 is 2.24 bits per heavy atom. The fourth-order valence-electron chi connectivity index (χ4n) is 5.09. The number of nitrogens with zero attached hydrogens (tertiary/aromatic N) is 1. The van der Waals surface area contributed by atoms with E-state index < -0.39 is 23.6 Å². The molecule has 1 fully saturated rings. The van der Waals surface area contributed by atoms with Gasteiger partial charge in [0, 0.05) is 12.5 Å². The summed E-state index contributed by atoms with van der Waals surface area (Å²) in [5, 5.41) is 12.4. The lowest BCUT2D eigenvalue weighted by molar-refractivity contribution is -0.156. The highest BCUT2D eigenvalue weighted by Gasteiger charge is 2.43. The van der Waals surface area contributed by atoms with E-state index in [1.807, 2.05) is 43.3 Å². The SMILES string of the molecule is CCC(C)(NC(=O)OCC1c2ccccc2-c2ccccc21)C(=O)N1CCC(C)CC1C(=O)O. The van der Waals surface area contributed by atoms with Gasteiger partial charge in [0.1, 0.15) is 18.2 Å². The first-order valence-corrected chi connectivity index (χ1v) is 11.9. The Kier molecular flexibility index (Phi) is 6.64. The number of carbonyl (C=O) groups excluding carboxylic acids is 2. The van der Waals surface area contributed by atoms with E-state index in [9.17, 15) is 19.5 Å². The predicted molar refractivity (Wildman–Crippen MR) is 128 cm³/mol. The van der Waals surface area contributed by atoms with Gasteiger partial charge in [0.05, 0.1) is 0 Å². The number of carboxylic acid groups (broad SMARTS) is 1. The van der Waals surface area contributed by atoms with Crippen LogP contribution in [0.2, 0.25) is 0 Å². The van der Waals surface area contributed by atoms with Crippen molar-refractivity contribution >= 4 is 18.0 Å². The zero-order valence-corrected chi connectivity index (χ0v) is 19.9. The topological polar surface area (TPSA) is 95.9 Å². The van der Waals surface area contributed by atoms with Gasteiger partial charge in [0.25, 0.3) is 0 Å². The Hall–Kier alpha value is -3.35. The van der Waals surface area contributed by atoms with E-state index >= 15 is 0 Å². The van der Waals surface area contributed by atoms with Gasteiger partial charge in [-0.05, 0) is 54.4 Å². The molecule has 1 aliphatic carbocycles. The van der Waals surface area contributed by atoms with Gasteiger partial charge < -0.3 is 20.1 Å². The summed E-state index contributed by atoms with van der Waals surface area (Å²) < 4.78 is 5.63. The number of hydrogen-bond acceptors (Lipinski definition) is 4. The summed E-state index contributed by atoms with van der Waals surface area (Å²) in [5.41, 5.74) is 3.24. The van der Waals surface area contributed by atoms with Crippen LogP contribution in [0, 0.1) is 5.92 Å². The first-order valence-electron chi connectivity index (χ1n) is 11.9. The Bertz CT molecular complexity index is 1050. The van der Waals surface area contributed by atoms with Gasteiger partial charge in [-0.25, -0.2) is 9.59 Å². The quantitative estimate of drug-likeness (QED) is 0.660. The third-order valence-electron chi connectivity index (χ3n) is 7.31. The number of amides is 2. The van der Waals surface area contributed by atoms with Crippen molar-refractivity contribution in [3.05, 3.63) is 59.7 Å². The van der Waals surface area contributed by atoms with Gasteiger partial charge in [0.15, 0.2) is 0 Å². The number of fused-ring (bicyclic) bond motifs is 3. The Balaban J connectivity index is 1.45. The van der Waals surface area contributed by atoms with Gasteiger partial charge in [-0.15, -0.1) is 0 Å². The summed E-state index contributed by atoms with van der Waals surface area (Å²) in [6, 6.07) is 15.3. The van der Waals surface area contributed by atoms with Gasteiger partial charge >= 0.3 is 12.1 Å². The number of nitrogens with one attached hydrogen (secondary N) is 1. The number of likely N-dealkylation sites (tertiary alicyclic amines) is 1. The summed E-state index contributed by atoms with van der Waals surface area (Å²) in [6.45, 7) is 5.93. The number of alkyl carbamates (subject to hydrolysis) is 1. The van der Waals surface area contributed by atoms with E-state index in [0.717, 1.165) is 28.7 Å². The molecule has 0 spiro atoms. The Morgan fingerprint density at radius 1 is 1.09 bits per heavy atom. The molecule has 0 radical (unpaired) electrons. The molecular weight excluding hydrogens is 432 g/mol. The van der Waals surface area contributed by atoms with Crippen LogP contribution in [0.15, 0.2) is 48.5 Å². The smallest absolute Gasteiger partial charge is 0.408 e. The van der Waals surface area contributed by atoms with Crippen molar-refractivity contribution in [3.8, 4) is 11.1 Å². The van der Waals surface area contributed by atoms with Crippen molar-refractivity contribution in [2.45, 2.75) is 57.5 Å². The van der Waals surface area contributed by atoms with Crippen LogP contribution in [-0.2, 0) is 14.3 Å². The highest BCUT2D eigenvalue weighted by molar-refractivity contribution is 5.92. The highest BCUT2D eigenvalue weighted by Crippen LogP contribution is 2.44. The van der Waals surface area contributed by atoms with Gasteiger partial charge in [-0.1, -0.05) is 62.4 Å². The van der Waals surface area contributed by atoms with E-state index in [1.54, 1.807) is 13.8 Å². The number of carbonyl (C=O) groups is 3. The fourth-order valence-corrected chi connectivity index (χ4v) is 5.09. The number of aliphatic carboxylic acids is 1. The molecule has 0 aromatic heterocycles. The van der Waals surface area contributed by atoms with Crippen LogP contribution in [-0.4, -0.2) is 52.7 Å². The maximum absolute atomic E-state index is 13.4. The van der Waals surface area contributed by atoms with Gasteiger partial charge in [-0.2, -0.15) is 0 Å². The first-order chi connectivity index (χ1) is 16.2. The van der Waals surface area contributed by atoms with Crippen molar-refractivity contribution in [2.75, 3.05) is 13.2 Å². The van der Waals surface area contributed by atoms with Crippen molar-refractivity contribution in [1.29, 1.82) is 0 Å². The molecule has 0 saturated carbocycles. The summed E-state index contributed by atoms with van der Waals surface area (Å²) in [5.74, 6) is -1.25. The van der Waals surface area contributed by atoms with E-state index in [-0.39, 0.29) is 24.3 Å². The van der Waals surface area contributed by atoms with E-state index in [0.29, 0.717) is 19.4 Å². The van der Waals surface area contributed by atoms with Crippen LogP contribution < -0.4 is 5.32 Å². The molecule has 2 aliphatic rings. The molecule has 7 heteroatoms. The van der Waals surface area contributed by atoms with E-state index in [2.05, 4.69) is 17.4 Å². The molecule has 2 amide bonds. The molecule has 2 aromatic rings. The molecule has 1 saturated heterocycles. The zero-order valence-electron chi connectivity index (χ0n) is 19.9. The summed E-state index contributed by atoms with van der Waals surface area (Å²) >= 11 is 0. The molecule has 1 aliphatic heterocycles. The summed E-state index contributed by atoms with van der Waals surface area (Å²) in [6.07, 6.45) is 0.775. The lowest BCUT2D eigenvalue weighted by Gasteiger charge is -2.41. The second kappa shape index (κ2) is 9.49. The van der Waals surface area contributed by atoms with Gasteiger partial charge in [-0.3, -0.25) is 4.79 Å². The summed E-state index contributed by atoms with van der Waals surface area (Å²) in [4.78, 5) is 39.4. The monoisotopic (exact) mass is 464 g/mol. The average molecular weight is 465 g/mol. The van der Waals surface area contributed by atoms with Crippen molar-refractivity contribution in [3.63, 3.8) is 0 Å². The van der Waals surface area contributed by atoms with Crippen LogP contribution in [0.4, 0.5) is 4.79 Å². The fraction of sp³-hybridized carbons (Fsp3) is 0.444. The van der Waals surface area contributed by atoms with Crippen molar-refractivity contribution in [1.82, 2.24) is 10.2 Å². The average Bonchev–Trinajstić information content (AvgIpc) is 3.16. The molecule has 4 rings (SSSR count). The lowest BCUT2D eigenvalue weighted by atomic mass is 9.89. The second-order valence-electron chi connectivity index (χ2n) is 9.62. The largest absolute Gasteiger partial charge is 0.480 e. The number of ether oxygens (including phenoxy) is 1. The standard InChI is InChI=1S/C27H32N2O5/c1-4-27(3,25(32)29-14-13-17(2)15-23(29)24(30)31)28-26(33)34-16-22-20-11-7-5-9-18(20)19-10-6-8-12-21(19)22/h5-12,17,22-23H,4,13-16H2,1-3H3,(H,28,33)(H,30,31). The van der Waals surface area contributed by atoms with Crippen LogP contribution in [0.3, 0.4) is 0 Å². The normalized spacial score (nSPS) is 21.2. The molecule has 2 N–H and O–H groups in total. The van der Waals surface area contributed by atoms with Crippen molar-refractivity contribution < 1.29 is 24.2 Å². The maximum Gasteiger partial charge on any atom is 0.408 e. The lowest BCUT2D eigenvalue weighted by Crippen LogP contribution is -2.62. The Labute approximate surface area is 200 Å². The first kappa shape index (κ1) is 23.8. The van der Waals surface area contributed by atoms with Crippen molar-refractivity contribution in [2.24, 2.45) is 5.92 Å². The molecule has 34 heavy (non-hydrogen) atoms. The molecule has 2 aromatic carbocycles. The number of carboxylic acids is 1. The molecular formula is C27H32N2O5. The predicted octanol–water partition coefficient (Wildman–Crippen LogP) is 4.41. The molecule has 3 unspecified atom stereocenters. The van der Waals surface area contributed by atoms with Crippen LogP contribution in [0.25, 0.3) is 11.1 Å². The minimum Gasteiger partial charge on any atom is -0.480 e. The molecule has 180 valence electrons.